The van der Waals surface area contributed by atoms with Crippen LogP contribution in [0.2, 0.25) is 0 Å². The molecule has 162 valence electrons. The van der Waals surface area contributed by atoms with Crippen molar-refractivity contribution in [1.82, 2.24) is 0 Å². The van der Waals surface area contributed by atoms with Crippen LogP contribution in [0.1, 0.15) is 34.7 Å². The number of amides is 1. The van der Waals surface area contributed by atoms with Gasteiger partial charge >= 0.3 is 0 Å². The molecule has 4 rings (SSSR count). The van der Waals surface area contributed by atoms with Gasteiger partial charge in [0.2, 0.25) is 0 Å². The second kappa shape index (κ2) is 8.71. The van der Waals surface area contributed by atoms with Crippen molar-refractivity contribution in [3.63, 3.8) is 0 Å². The first-order chi connectivity index (χ1) is 15.4. The second-order valence-corrected chi connectivity index (χ2v) is 8.13. The van der Waals surface area contributed by atoms with Crippen molar-refractivity contribution in [2.75, 3.05) is 4.90 Å². The Hall–Kier alpha value is -3.86. The molecule has 1 aliphatic rings. The van der Waals surface area contributed by atoms with Gasteiger partial charge in [-0.15, -0.1) is 0 Å². The first kappa shape index (κ1) is 21.4. The molecule has 0 aromatic heterocycles. The van der Waals surface area contributed by atoms with Crippen LogP contribution in [0.4, 0.5) is 5.69 Å². The molecule has 3 aromatic carbocycles. The van der Waals surface area contributed by atoms with Crippen LogP contribution in [0.3, 0.4) is 0 Å². The molecule has 0 saturated heterocycles. The number of nitrogens with zero attached hydrogens (tertiary/aromatic N) is 1. The fraction of sp³-hybridized carbons (Fsp3) is 0.185. The maximum absolute atomic E-state index is 13.3. The summed E-state index contributed by atoms with van der Waals surface area (Å²) < 4.78 is 0. The van der Waals surface area contributed by atoms with Gasteiger partial charge in [-0.1, -0.05) is 54.6 Å². The van der Waals surface area contributed by atoms with Crippen LogP contribution in [0.15, 0.2) is 84.1 Å². The topological polar surface area (TPSA) is 77.8 Å². The van der Waals surface area contributed by atoms with E-state index < -0.39 is 17.7 Å². The molecular formula is C27H25NO4. The molecule has 0 saturated carbocycles. The Labute approximate surface area is 187 Å². The minimum atomic E-state index is -0.771. The van der Waals surface area contributed by atoms with Crippen LogP contribution in [-0.4, -0.2) is 21.9 Å². The predicted molar refractivity (Wildman–Crippen MR) is 124 cm³/mol. The molecule has 5 heteroatoms. The van der Waals surface area contributed by atoms with Crippen molar-refractivity contribution in [3.8, 4) is 5.75 Å². The number of anilines is 1. The fourth-order valence-corrected chi connectivity index (χ4v) is 4.13. The molecule has 1 unspecified atom stereocenters. The van der Waals surface area contributed by atoms with E-state index in [0.717, 1.165) is 16.7 Å². The second-order valence-electron chi connectivity index (χ2n) is 8.13. The number of aryl methyl sites for hydroxylation is 3. The number of aliphatic hydroxyl groups excluding tert-OH is 1. The smallest absolute Gasteiger partial charge is 0.294 e. The van der Waals surface area contributed by atoms with E-state index in [-0.39, 0.29) is 23.5 Å². The highest BCUT2D eigenvalue weighted by atomic mass is 16.3. The van der Waals surface area contributed by atoms with Gasteiger partial charge in [-0.3, -0.25) is 14.5 Å². The molecule has 5 nitrogen and oxygen atoms in total. The van der Waals surface area contributed by atoms with E-state index in [1.165, 1.54) is 17.0 Å². The first-order valence-electron chi connectivity index (χ1n) is 10.6. The molecule has 0 spiro atoms. The van der Waals surface area contributed by atoms with E-state index in [1.54, 1.807) is 12.1 Å². The number of Topliss-reactive ketones (excluding diaryl/α,β-unsaturated/α-hetero) is 1. The van der Waals surface area contributed by atoms with Gasteiger partial charge in [0.05, 0.1) is 11.6 Å². The number of hydrogen-bond acceptors (Lipinski definition) is 4. The third-order valence-corrected chi connectivity index (χ3v) is 5.83. The maximum Gasteiger partial charge on any atom is 0.294 e. The van der Waals surface area contributed by atoms with Crippen molar-refractivity contribution in [2.24, 2.45) is 0 Å². The van der Waals surface area contributed by atoms with Crippen LogP contribution in [0.25, 0.3) is 0 Å². The third-order valence-electron chi connectivity index (χ3n) is 5.83. The zero-order valence-electron chi connectivity index (χ0n) is 18.1. The Morgan fingerprint density at radius 2 is 1.62 bits per heavy atom. The fourth-order valence-electron chi connectivity index (χ4n) is 4.13. The predicted octanol–water partition coefficient (Wildman–Crippen LogP) is 5.11. The summed E-state index contributed by atoms with van der Waals surface area (Å²) in [6, 6.07) is 21.0. The van der Waals surface area contributed by atoms with Gasteiger partial charge in [0.1, 0.15) is 5.75 Å². The van der Waals surface area contributed by atoms with Crippen molar-refractivity contribution < 1.29 is 19.8 Å². The van der Waals surface area contributed by atoms with Crippen LogP contribution in [0, 0.1) is 13.8 Å². The molecule has 0 bridgehead atoms. The quantitative estimate of drug-likeness (QED) is 0.573. The van der Waals surface area contributed by atoms with Gasteiger partial charge in [0.25, 0.3) is 5.91 Å². The summed E-state index contributed by atoms with van der Waals surface area (Å²) in [5.74, 6) is -1.30. The summed E-state index contributed by atoms with van der Waals surface area (Å²) in [5, 5.41) is 20.6. The molecule has 2 N–H and O–H groups in total. The lowest BCUT2D eigenvalue weighted by molar-refractivity contribution is -0.118. The van der Waals surface area contributed by atoms with E-state index in [1.807, 2.05) is 62.4 Å². The van der Waals surface area contributed by atoms with E-state index >= 15 is 0 Å². The van der Waals surface area contributed by atoms with Crippen molar-refractivity contribution in [2.45, 2.75) is 32.7 Å². The van der Waals surface area contributed by atoms with Crippen LogP contribution in [0.5, 0.6) is 5.75 Å². The Morgan fingerprint density at radius 3 is 2.31 bits per heavy atom. The summed E-state index contributed by atoms with van der Waals surface area (Å²) in [4.78, 5) is 28.0. The molecule has 0 radical (unpaired) electrons. The number of aromatic hydroxyl groups is 1. The number of benzene rings is 3. The number of rotatable bonds is 6. The number of hydrogen-bond donors (Lipinski definition) is 2. The number of ketones is 1. The average molecular weight is 428 g/mol. The minimum absolute atomic E-state index is 0.0847. The number of phenols is 1. The summed E-state index contributed by atoms with van der Waals surface area (Å²) in [5.41, 5.74) is 4.22. The van der Waals surface area contributed by atoms with E-state index in [4.69, 9.17) is 0 Å². The Morgan fingerprint density at radius 1 is 0.938 bits per heavy atom. The number of aliphatic hydroxyl groups is 1. The summed E-state index contributed by atoms with van der Waals surface area (Å²) in [7, 11) is 0. The molecule has 0 aliphatic carbocycles. The largest absolute Gasteiger partial charge is 0.508 e. The lowest BCUT2D eigenvalue weighted by atomic mass is 9.92. The van der Waals surface area contributed by atoms with Gasteiger partial charge in [-0.05, 0) is 60.7 Å². The lowest BCUT2D eigenvalue weighted by Gasteiger charge is -2.28. The van der Waals surface area contributed by atoms with E-state index in [2.05, 4.69) is 0 Å². The minimum Gasteiger partial charge on any atom is -0.508 e. The van der Waals surface area contributed by atoms with Crippen molar-refractivity contribution in [3.05, 3.63) is 106 Å². The van der Waals surface area contributed by atoms with Gasteiger partial charge in [-0.25, -0.2) is 0 Å². The Bertz CT molecular complexity index is 1200. The maximum atomic E-state index is 13.3. The molecule has 1 aliphatic heterocycles. The number of carbonyl (C=O) groups is 2. The highest BCUT2D eigenvalue weighted by molar-refractivity contribution is 6.16. The highest BCUT2D eigenvalue weighted by Crippen LogP contribution is 2.43. The normalized spacial score (nSPS) is 16.0. The molecule has 32 heavy (non-hydrogen) atoms. The van der Waals surface area contributed by atoms with Gasteiger partial charge in [0.15, 0.2) is 11.5 Å². The molecule has 1 amide bonds. The molecule has 1 atom stereocenters. The SMILES string of the molecule is Cc1ccc(C)c(N2C(=O)C(O)=C(C(=O)CCc3ccccc3)C2c2ccc(O)cc2)c1. The average Bonchev–Trinajstić information content (AvgIpc) is 3.05. The van der Waals surface area contributed by atoms with Crippen molar-refractivity contribution in [1.29, 1.82) is 0 Å². The highest BCUT2D eigenvalue weighted by Gasteiger charge is 2.44. The Kier molecular flexibility index (Phi) is 5.82. The summed E-state index contributed by atoms with van der Waals surface area (Å²) in [6.07, 6.45) is 0.683. The zero-order valence-corrected chi connectivity index (χ0v) is 18.1. The zero-order chi connectivity index (χ0) is 22.8. The first-order valence-corrected chi connectivity index (χ1v) is 10.6. The van der Waals surface area contributed by atoms with Crippen LogP contribution < -0.4 is 4.90 Å². The van der Waals surface area contributed by atoms with E-state index in [9.17, 15) is 19.8 Å². The van der Waals surface area contributed by atoms with Crippen molar-refractivity contribution >= 4 is 17.4 Å². The summed E-state index contributed by atoms with van der Waals surface area (Å²) in [6.45, 7) is 3.82. The number of carbonyl (C=O) groups excluding carboxylic acids is 2. The molecule has 0 fully saturated rings. The third kappa shape index (κ3) is 4.02. The summed E-state index contributed by atoms with van der Waals surface area (Å²) >= 11 is 0. The number of phenolic OH excluding ortho intramolecular Hbond substituents is 1. The van der Waals surface area contributed by atoms with Gasteiger partial charge < -0.3 is 10.2 Å². The van der Waals surface area contributed by atoms with E-state index in [0.29, 0.717) is 17.7 Å². The lowest BCUT2D eigenvalue weighted by Crippen LogP contribution is -2.31. The van der Waals surface area contributed by atoms with Crippen LogP contribution in [-0.2, 0) is 16.0 Å². The Balaban J connectivity index is 1.76. The standard InChI is InChI=1S/C27H25NO4/c1-17-8-9-18(2)22(16-17)28-25(20-11-13-21(29)14-12-20)24(26(31)27(28)32)23(30)15-10-19-6-4-3-5-7-19/h3-9,11-14,16,25,29,31H,10,15H2,1-2H3. The van der Waals surface area contributed by atoms with Crippen LogP contribution >= 0.6 is 0 Å². The van der Waals surface area contributed by atoms with Gasteiger partial charge in [0, 0.05) is 12.1 Å². The molecular weight excluding hydrogens is 402 g/mol. The monoisotopic (exact) mass is 427 g/mol. The molecule has 3 aromatic rings. The molecule has 1 heterocycles. The van der Waals surface area contributed by atoms with Gasteiger partial charge in [-0.2, -0.15) is 0 Å².